The van der Waals surface area contributed by atoms with Crippen LogP contribution in [0, 0.1) is 5.92 Å². The highest BCUT2D eigenvalue weighted by Crippen LogP contribution is 2.18. The topological polar surface area (TPSA) is 65.0 Å². The zero-order valence-electron chi connectivity index (χ0n) is 16.5. The van der Waals surface area contributed by atoms with E-state index in [1.165, 1.54) is 16.7 Å². The lowest BCUT2D eigenvalue weighted by Gasteiger charge is -2.35. The minimum absolute atomic E-state index is 0.0438. The number of nitrogens with zero attached hydrogens (tertiary/aromatic N) is 3. The van der Waals surface area contributed by atoms with Gasteiger partial charge in [0.1, 0.15) is 0 Å². The third kappa shape index (κ3) is 4.83. The van der Waals surface area contributed by atoms with Crippen molar-refractivity contribution in [1.29, 1.82) is 0 Å². The average Bonchev–Trinajstić information content (AvgIpc) is 2.69. The van der Waals surface area contributed by atoms with Crippen molar-refractivity contribution < 1.29 is 9.59 Å². The number of likely N-dealkylation sites (tertiary alicyclic amines) is 1. The standard InChI is InChI=1S/C21H28N4O2S/c1-3-15(2)25-20(27)18(19(26)23-21(25)28)13-22-17-9-11-24(12-10-17)14-16-7-5-4-6-8-16/h4-8,13,15,17-18H,3,9-12,14H2,1-2H3,(H,23,26,28)/t15-,18+/m1/s1. The molecule has 2 aliphatic heterocycles. The van der Waals surface area contributed by atoms with Crippen molar-refractivity contribution in [3.05, 3.63) is 35.9 Å². The molecule has 150 valence electrons. The molecule has 0 saturated carbocycles. The second kappa shape index (κ2) is 9.39. The minimum Gasteiger partial charge on any atom is -0.302 e. The van der Waals surface area contributed by atoms with Crippen LogP contribution in [0.15, 0.2) is 35.3 Å². The van der Waals surface area contributed by atoms with Crippen LogP contribution in [0.4, 0.5) is 0 Å². The molecule has 1 aromatic rings. The normalized spacial score (nSPS) is 23.3. The van der Waals surface area contributed by atoms with E-state index in [1.54, 1.807) is 0 Å². The Labute approximate surface area is 172 Å². The quantitative estimate of drug-likeness (QED) is 0.452. The second-order valence-electron chi connectivity index (χ2n) is 7.53. The first-order valence-corrected chi connectivity index (χ1v) is 10.4. The minimum atomic E-state index is -0.886. The molecular weight excluding hydrogens is 372 g/mol. The van der Waals surface area contributed by atoms with Gasteiger partial charge in [0.25, 0.3) is 0 Å². The molecule has 0 spiro atoms. The van der Waals surface area contributed by atoms with Crippen LogP contribution in [0.1, 0.15) is 38.7 Å². The molecule has 1 aromatic carbocycles. The van der Waals surface area contributed by atoms with Crippen LogP contribution in [0.5, 0.6) is 0 Å². The van der Waals surface area contributed by atoms with Gasteiger partial charge in [-0.1, -0.05) is 37.3 Å². The van der Waals surface area contributed by atoms with Crippen molar-refractivity contribution in [2.24, 2.45) is 10.9 Å². The fourth-order valence-corrected chi connectivity index (χ4v) is 3.98. The molecule has 1 N–H and O–H groups in total. The number of aliphatic imine (C=N–C) groups is 1. The molecule has 0 radical (unpaired) electrons. The number of hydrogen-bond donors (Lipinski definition) is 1. The lowest BCUT2D eigenvalue weighted by molar-refractivity contribution is -0.139. The van der Waals surface area contributed by atoms with Gasteiger partial charge in [-0.05, 0) is 44.0 Å². The highest BCUT2D eigenvalue weighted by Gasteiger charge is 2.39. The number of rotatable bonds is 6. The van der Waals surface area contributed by atoms with Crippen LogP contribution in [-0.2, 0) is 16.1 Å². The third-order valence-electron chi connectivity index (χ3n) is 5.52. The Morgan fingerprint density at radius 1 is 1.25 bits per heavy atom. The maximum atomic E-state index is 12.8. The molecule has 28 heavy (non-hydrogen) atoms. The summed E-state index contributed by atoms with van der Waals surface area (Å²) in [6.07, 6.45) is 4.16. The molecular formula is C21H28N4O2S. The smallest absolute Gasteiger partial charge is 0.247 e. The Hall–Kier alpha value is -2.12. The summed E-state index contributed by atoms with van der Waals surface area (Å²) in [6.45, 7) is 6.79. The first-order chi connectivity index (χ1) is 13.5. The Morgan fingerprint density at radius 2 is 1.93 bits per heavy atom. The van der Waals surface area contributed by atoms with Gasteiger partial charge in [0.05, 0.1) is 6.04 Å². The third-order valence-corrected chi connectivity index (χ3v) is 5.82. The van der Waals surface area contributed by atoms with E-state index in [0.29, 0.717) is 0 Å². The number of benzene rings is 1. The van der Waals surface area contributed by atoms with Crippen molar-refractivity contribution in [2.45, 2.75) is 51.7 Å². The first kappa shape index (κ1) is 20.6. The summed E-state index contributed by atoms with van der Waals surface area (Å²) < 4.78 is 0. The average molecular weight is 401 g/mol. The number of nitrogens with one attached hydrogen (secondary N) is 1. The van der Waals surface area contributed by atoms with Crippen LogP contribution in [0.2, 0.25) is 0 Å². The summed E-state index contributed by atoms with van der Waals surface area (Å²) in [4.78, 5) is 33.5. The summed E-state index contributed by atoms with van der Waals surface area (Å²) >= 11 is 5.18. The van der Waals surface area contributed by atoms with Gasteiger partial charge in [0.2, 0.25) is 11.8 Å². The van der Waals surface area contributed by atoms with Crippen molar-refractivity contribution in [1.82, 2.24) is 15.1 Å². The van der Waals surface area contributed by atoms with E-state index in [0.717, 1.165) is 38.9 Å². The summed E-state index contributed by atoms with van der Waals surface area (Å²) in [5.41, 5.74) is 1.31. The summed E-state index contributed by atoms with van der Waals surface area (Å²) in [5.74, 6) is -1.53. The van der Waals surface area contributed by atoms with E-state index in [4.69, 9.17) is 12.2 Å². The first-order valence-electron chi connectivity index (χ1n) is 9.97. The van der Waals surface area contributed by atoms with Crippen LogP contribution < -0.4 is 5.32 Å². The largest absolute Gasteiger partial charge is 0.302 e. The number of carbonyl (C=O) groups excluding carboxylic acids is 2. The van der Waals surface area contributed by atoms with E-state index in [2.05, 4.69) is 39.5 Å². The van der Waals surface area contributed by atoms with Gasteiger partial charge in [-0.15, -0.1) is 0 Å². The molecule has 2 amide bonds. The molecule has 2 fully saturated rings. The van der Waals surface area contributed by atoms with E-state index >= 15 is 0 Å². The van der Waals surface area contributed by atoms with Crippen LogP contribution in [-0.4, -0.2) is 58.1 Å². The van der Waals surface area contributed by atoms with Crippen molar-refractivity contribution in [2.75, 3.05) is 13.1 Å². The lowest BCUT2D eigenvalue weighted by atomic mass is 10.0. The number of piperidine rings is 1. The summed E-state index contributed by atoms with van der Waals surface area (Å²) in [5, 5.41) is 2.84. The molecule has 7 heteroatoms. The molecule has 2 heterocycles. The van der Waals surface area contributed by atoms with Crippen LogP contribution in [0.25, 0.3) is 0 Å². The molecule has 2 saturated heterocycles. The number of hydrogen-bond acceptors (Lipinski definition) is 5. The van der Waals surface area contributed by atoms with E-state index in [1.807, 2.05) is 19.9 Å². The monoisotopic (exact) mass is 400 g/mol. The van der Waals surface area contributed by atoms with Gasteiger partial charge in [0.15, 0.2) is 11.0 Å². The van der Waals surface area contributed by atoms with Crippen molar-refractivity contribution in [3.63, 3.8) is 0 Å². The zero-order valence-corrected chi connectivity index (χ0v) is 17.3. The second-order valence-corrected chi connectivity index (χ2v) is 7.92. The van der Waals surface area contributed by atoms with E-state index in [9.17, 15) is 9.59 Å². The molecule has 0 aromatic heterocycles. The molecule has 0 bridgehead atoms. The van der Waals surface area contributed by atoms with Crippen LogP contribution >= 0.6 is 12.2 Å². The zero-order chi connectivity index (χ0) is 20.1. The molecule has 0 unspecified atom stereocenters. The summed E-state index contributed by atoms with van der Waals surface area (Å²) in [6, 6.07) is 10.6. The summed E-state index contributed by atoms with van der Waals surface area (Å²) in [7, 11) is 0. The molecule has 3 rings (SSSR count). The van der Waals surface area contributed by atoms with Crippen molar-refractivity contribution in [3.8, 4) is 0 Å². The van der Waals surface area contributed by atoms with Gasteiger partial charge in [0, 0.05) is 31.9 Å². The Bertz CT molecular complexity index is 744. The predicted octanol–water partition coefficient (Wildman–Crippen LogP) is 2.38. The SMILES string of the molecule is CC[C@@H](C)N1C(=O)[C@@H](C=NC2CCN(Cc3ccccc3)CC2)C(=O)NC1=S. The Kier molecular flexibility index (Phi) is 6.91. The Balaban J connectivity index is 1.55. The maximum Gasteiger partial charge on any atom is 0.247 e. The molecule has 6 nitrogen and oxygen atoms in total. The fourth-order valence-electron chi connectivity index (χ4n) is 3.61. The highest BCUT2D eigenvalue weighted by atomic mass is 32.1. The highest BCUT2D eigenvalue weighted by molar-refractivity contribution is 7.80. The maximum absolute atomic E-state index is 12.8. The Morgan fingerprint density at radius 3 is 2.57 bits per heavy atom. The lowest BCUT2D eigenvalue weighted by Crippen LogP contribution is -2.60. The molecule has 0 aliphatic carbocycles. The van der Waals surface area contributed by atoms with Crippen molar-refractivity contribution >= 4 is 35.4 Å². The van der Waals surface area contributed by atoms with Gasteiger partial charge in [-0.3, -0.25) is 24.4 Å². The predicted molar refractivity (Wildman–Crippen MR) is 114 cm³/mol. The van der Waals surface area contributed by atoms with Gasteiger partial charge in [-0.25, -0.2) is 0 Å². The number of amides is 2. The fraction of sp³-hybridized carbons (Fsp3) is 0.524. The van der Waals surface area contributed by atoms with Gasteiger partial charge >= 0.3 is 0 Å². The van der Waals surface area contributed by atoms with Gasteiger partial charge in [-0.2, -0.15) is 0 Å². The van der Waals surface area contributed by atoms with E-state index in [-0.39, 0.29) is 29.0 Å². The van der Waals surface area contributed by atoms with Gasteiger partial charge < -0.3 is 5.32 Å². The molecule has 2 aliphatic rings. The molecule has 2 atom stereocenters. The van der Waals surface area contributed by atoms with E-state index < -0.39 is 5.92 Å². The number of thiocarbonyl (C=S) groups is 1. The van der Waals surface area contributed by atoms with Crippen LogP contribution in [0.3, 0.4) is 0 Å². The number of carbonyl (C=O) groups is 2.